The van der Waals surface area contributed by atoms with Crippen molar-refractivity contribution in [3.8, 4) is 22.3 Å². The molecule has 13 rings (SSSR count). The van der Waals surface area contributed by atoms with Crippen LogP contribution in [-0.4, -0.2) is 0 Å². The van der Waals surface area contributed by atoms with Gasteiger partial charge in [0.15, 0.2) is 0 Å². The maximum absolute atomic E-state index is 2.74. The molecule has 1 aliphatic heterocycles. The molecule has 1 nitrogen and oxygen atoms in total. The first-order valence-corrected chi connectivity index (χ1v) is 23.5. The van der Waals surface area contributed by atoms with Crippen LogP contribution in [0, 0.1) is 23.7 Å². The predicted octanol–water partition coefficient (Wildman–Crippen LogP) is 15.7. The Bertz CT molecular complexity index is 2670. The Morgan fingerprint density at radius 3 is 1.78 bits per heavy atom. The Morgan fingerprint density at radius 2 is 1.05 bits per heavy atom. The quantitative estimate of drug-likeness (QED) is 0.175. The second kappa shape index (κ2) is 12.5. The lowest BCUT2D eigenvalue weighted by Gasteiger charge is -2.63. The average Bonchev–Trinajstić information content (AvgIpc) is 3.46. The van der Waals surface area contributed by atoms with Crippen molar-refractivity contribution in [2.24, 2.45) is 23.7 Å². The molecule has 0 saturated heterocycles. The zero-order valence-corrected chi connectivity index (χ0v) is 36.6. The summed E-state index contributed by atoms with van der Waals surface area (Å²) in [5.74, 6) is 3.17. The standard InChI is InChI=1S/C57H57NS/c1-54(2)24-25-55(3,4)49-32-41(21-23-46(49)54)58(40-20-22-43-42-16-10-11-17-45(42)56(5,6)48(43)31-40)51-34-50-53(33-44(51)37-14-8-7-9-15-37)59-52-19-13-12-18-47(52)57(50)38-27-35-26-36(29-38)30-39(57)28-35/h7-23,31-36,38-39H,24-30H2,1-6H3. The molecule has 0 amide bonds. The minimum Gasteiger partial charge on any atom is -0.310 e. The van der Waals surface area contributed by atoms with Gasteiger partial charge in [-0.15, -0.1) is 0 Å². The SMILES string of the molecule is CC1(C)CCC(C)(C)c2cc(N(c3ccc4c(c3)C(C)(C)c3ccccc3-4)c3cc4c(cc3-c3ccccc3)Sc3ccccc3C43C4CC5CC(C4)CC3C5)ccc21. The number of hydrogen-bond acceptors (Lipinski definition) is 2. The van der Waals surface area contributed by atoms with E-state index in [0.29, 0.717) is 11.8 Å². The van der Waals surface area contributed by atoms with Crippen LogP contribution in [0.25, 0.3) is 22.3 Å². The Balaban J connectivity index is 1.15. The lowest BCUT2D eigenvalue weighted by molar-refractivity contribution is -0.0443. The van der Waals surface area contributed by atoms with Gasteiger partial charge in [-0.2, -0.15) is 0 Å². The van der Waals surface area contributed by atoms with Gasteiger partial charge >= 0.3 is 0 Å². The van der Waals surface area contributed by atoms with E-state index in [1.54, 1.807) is 11.1 Å². The smallest absolute Gasteiger partial charge is 0.0543 e. The molecule has 296 valence electrons. The van der Waals surface area contributed by atoms with Crippen molar-refractivity contribution < 1.29 is 0 Å². The highest BCUT2D eigenvalue weighted by atomic mass is 32.2. The summed E-state index contributed by atoms with van der Waals surface area (Å²) in [6.07, 6.45) is 9.37. The zero-order chi connectivity index (χ0) is 40.1. The minimum atomic E-state index is -0.0988. The van der Waals surface area contributed by atoms with Crippen molar-refractivity contribution in [3.05, 3.63) is 161 Å². The molecule has 7 aliphatic rings. The van der Waals surface area contributed by atoms with E-state index in [1.807, 2.05) is 11.8 Å². The molecule has 0 atom stereocenters. The lowest BCUT2D eigenvalue weighted by Crippen LogP contribution is -2.57. The fourth-order valence-corrected chi connectivity index (χ4v) is 15.2. The molecule has 6 aromatic carbocycles. The predicted molar refractivity (Wildman–Crippen MR) is 248 cm³/mol. The van der Waals surface area contributed by atoms with E-state index < -0.39 is 0 Å². The first-order valence-electron chi connectivity index (χ1n) is 22.6. The molecule has 4 bridgehead atoms. The van der Waals surface area contributed by atoms with Gasteiger partial charge in [0.2, 0.25) is 0 Å². The number of fused-ring (bicyclic) bond motifs is 6. The summed E-state index contributed by atoms with van der Waals surface area (Å²) < 4.78 is 0. The summed E-state index contributed by atoms with van der Waals surface area (Å²) in [5.41, 5.74) is 18.4. The molecule has 1 spiro atoms. The number of anilines is 3. The minimum absolute atomic E-state index is 0.0453. The molecule has 0 radical (unpaired) electrons. The summed E-state index contributed by atoms with van der Waals surface area (Å²) in [6.45, 7) is 14.7. The molecule has 4 fully saturated rings. The highest BCUT2D eigenvalue weighted by Crippen LogP contribution is 2.69. The zero-order valence-electron chi connectivity index (χ0n) is 35.7. The van der Waals surface area contributed by atoms with Crippen molar-refractivity contribution in [2.75, 3.05) is 4.90 Å². The summed E-state index contributed by atoms with van der Waals surface area (Å²) in [6, 6.07) is 50.3. The van der Waals surface area contributed by atoms with Crippen LogP contribution in [0.15, 0.2) is 137 Å². The van der Waals surface area contributed by atoms with Crippen LogP contribution in [0.1, 0.15) is 120 Å². The molecule has 0 N–H and O–H groups in total. The number of hydrogen-bond donors (Lipinski definition) is 0. The van der Waals surface area contributed by atoms with Crippen LogP contribution in [-0.2, 0) is 21.7 Å². The van der Waals surface area contributed by atoms with Gasteiger partial charge in [-0.25, -0.2) is 0 Å². The van der Waals surface area contributed by atoms with Crippen LogP contribution < -0.4 is 4.90 Å². The second-order valence-electron chi connectivity index (χ2n) is 21.2. The van der Waals surface area contributed by atoms with Crippen LogP contribution >= 0.6 is 11.8 Å². The fourth-order valence-electron chi connectivity index (χ4n) is 14.0. The molecular formula is C57H57NS. The highest BCUT2D eigenvalue weighted by Gasteiger charge is 2.61. The van der Waals surface area contributed by atoms with Gasteiger partial charge in [0.1, 0.15) is 0 Å². The van der Waals surface area contributed by atoms with E-state index >= 15 is 0 Å². The second-order valence-corrected chi connectivity index (χ2v) is 22.3. The third kappa shape index (κ3) is 5.11. The molecule has 4 saturated carbocycles. The number of rotatable bonds is 4. The average molecular weight is 788 g/mol. The molecular weight excluding hydrogens is 731 g/mol. The van der Waals surface area contributed by atoms with Gasteiger partial charge in [0.25, 0.3) is 0 Å². The number of benzene rings is 6. The first kappa shape index (κ1) is 36.3. The van der Waals surface area contributed by atoms with Gasteiger partial charge < -0.3 is 4.90 Å². The van der Waals surface area contributed by atoms with Gasteiger partial charge in [-0.05, 0) is 172 Å². The molecule has 2 heteroatoms. The van der Waals surface area contributed by atoms with Crippen LogP contribution in [0.3, 0.4) is 0 Å². The van der Waals surface area contributed by atoms with Crippen LogP contribution in [0.5, 0.6) is 0 Å². The lowest BCUT2D eigenvalue weighted by atomic mass is 9.42. The maximum Gasteiger partial charge on any atom is 0.0543 e. The van der Waals surface area contributed by atoms with Gasteiger partial charge in [-0.3, -0.25) is 0 Å². The van der Waals surface area contributed by atoms with Gasteiger partial charge in [-0.1, -0.05) is 138 Å². The highest BCUT2D eigenvalue weighted by molar-refractivity contribution is 7.99. The van der Waals surface area contributed by atoms with E-state index in [-0.39, 0.29) is 21.7 Å². The van der Waals surface area contributed by atoms with E-state index in [9.17, 15) is 0 Å². The molecule has 1 heterocycles. The topological polar surface area (TPSA) is 3.24 Å². The Hall–Kier alpha value is -4.53. The van der Waals surface area contributed by atoms with Crippen molar-refractivity contribution >= 4 is 28.8 Å². The Morgan fingerprint density at radius 1 is 0.458 bits per heavy atom. The molecule has 6 aliphatic carbocycles. The largest absolute Gasteiger partial charge is 0.310 e. The monoisotopic (exact) mass is 787 g/mol. The third-order valence-electron chi connectivity index (χ3n) is 16.8. The number of nitrogens with zero attached hydrogens (tertiary/aromatic N) is 1. The Kier molecular flexibility index (Phi) is 7.70. The summed E-state index contributed by atoms with van der Waals surface area (Å²) in [7, 11) is 0. The van der Waals surface area contributed by atoms with Crippen molar-refractivity contribution in [2.45, 2.75) is 118 Å². The van der Waals surface area contributed by atoms with Crippen LogP contribution in [0.4, 0.5) is 17.1 Å². The van der Waals surface area contributed by atoms with Crippen molar-refractivity contribution in [1.82, 2.24) is 0 Å². The van der Waals surface area contributed by atoms with Crippen LogP contribution in [0.2, 0.25) is 0 Å². The maximum atomic E-state index is 2.74. The Labute approximate surface area is 356 Å². The summed E-state index contributed by atoms with van der Waals surface area (Å²) in [5, 5.41) is 0. The normalized spacial score (nSPS) is 26.7. The molecule has 0 aromatic heterocycles. The fraction of sp³-hybridized carbons (Fsp3) is 0.368. The van der Waals surface area contributed by atoms with Crippen molar-refractivity contribution in [3.63, 3.8) is 0 Å². The summed E-state index contributed by atoms with van der Waals surface area (Å²) >= 11 is 2.03. The van der Waals surface area contributed by atoms with Crippen molar-refractivity contribution in [1.29, 1.82) is 0 Å². The summed E-state index contributed by atoms with van der Waals surface area (Å²) in [4.78, 5) is 5.64. The first-order chi connectivity index (χ1) is 28.4. The third-order valence-corrected chi connectivity index (χ3v) is 17.9. The molecule has 0 unspecified atom stereocenters. The van der Waals surface area contributed by atoms with E-state index in [0.717, 1.165) is 11.8 Å². The molecule has 59 heavy (non-hydrogen) atoms. The van der Waals surface area contributed by atoms with Gasteiger partial charge in [0, 0.05) is 37.6 Å². The van der Waals surface area contributed by atoms with E-state index in [2.05, 4.69) is 174 Å². The molecule has 6 aromatic rings. The van der Waals surface area contributed by atoms with Gasteiger partial charge in [0.05, 0.1) is 5.69 Å². The van der Waals surface area contributed by atoms with E-state index in [4.69, 9.17) is 0 Å². The van der Waals surface area contributed by atoms with E-state index in [1.165, 1.54) is 116 Å².